The Bertz CT molecular complexity index is 533. The summed E-state index contributed by atoms with van der Waals surface area (Å²) in [5.41, 5.74) is 4.56. The van der Waals surface area contributed by atoms with Crippen LogP contribution in [0.25, 0.3) is 0 Å². The first-order valence-corrected chi connectivity index (χ1v) is 6.21. The number of aryl methyl sites for hydroxylation is 2. The van der Waals surface area contributed by atoms with Gasteiger partial charge in [0.05, 0.1) is 15.9 Å². The lowest BCUT2D eigenvalue weighted by Crippen LogP contribution is -2.03. The predicted molar refractivity (Wildman–Crippen MR) is 71.9 cm³/mol. The van der Waals surface area contributed by atoms with E-state index in [-0.39, 0.29) is 0 Å². The van der Waals surface area contributed by atoms with Gasteiger partial charge in [0.15, 0.2) is 0 Å². The zero-order chi connectivity index (χ0) is 12.4. The van der Waals surface area contributed by atoms with Crippen molar-refractivity contribution in [3.63, 3.8) is 0 Å². The van der Waals surface area contributed by atoms with Gasteiger partial charge >= 0.3 is 0 Å². The maximum Gasteiger partial charge on any atom is 0.0646 e. The third-order valence-corrected chi connectivity index (χ3v) is 3.52. The van der Waals surface area contributed by atoms with E-state index in [1.165, 1.54) is 11.3 Å². The molecule has 5 heteroatoms. The molecule has 0 aromatic carbocycles. The van der Waals surface area contributed by atoms with Crippen molar-refractivity contribution in [2.45, 2.75) is 20.4 Å². The summed E-state index contributed by atoms with van der Waals surface area (Å²) in [6, 6.07) is 1.95. The number of hydrogen-bond acceptors (Lipinski definition) is 3. The monoisotopic (exact) mass is 294 g/mol. The van der Waals surface area contributed by atoms with Gasteiger partial charge in [0, 0.05) is 37.2 Å². The molecule has 0 amide bonds. The quantitative estimate of drug-likeness (QED) is 0.947. The van der Waals surface area contributed by atoms with Gasteiger partial charge in [-0.15, -0.1) is 0 Å². The minimum Gasteiger partial charge on any atom is -0.380 e. The SMILES string of the molecule is Cc1nn(C)c(C)c1CNc1ccncc1Br. The number of hydrogen-bond donors (Lipinski definition) is 1. The van der Waals surface area contributed by atoms with Crippen LogP contribution in [0, 0.1) is 13.8 Å². The molecule has 0 aliphatic rings. The molecule has 0 aliphatic carbocycles. The third-order valence-electron chi connectivity index (χ3n) is 2.89. The van der Waals surface area contributed by atoms with Crippen molar-refractivity contribution in [1.29, 1.82) is 0 Å². The Balaban J connectivity index is 2.15. The molecular formula is C12H15BrN4. The lowest BCUT2D eigenvalue weighted by atomic mass is 10.2. The van der Waals surface area contributed by atoms with Crippen molar-refractivity contribution in [2.24, 2.45) is 7.05 Å². The molecule has 0 radical (unpaired) electrons. The molecule has 0 atom stereocenters. The molecule has 0 saturated heterocycles. The molecule has 4 nitrogen and oxygen atoms in total. The molecule has 0 saturated carbocycles. The normalized spacial score (nSPS) is 10.6. The standard InChI is InChI=1S/C12H15BrN4/c1-8-10(9(2)17(3)16-8)6-15-12-4-5-14-7-11(12)13/h4-5,7H,6H2,1-3H3,(H,14,15). The summed E-state index contributed by atoms with van der Waals surface area (Å²) >= 11 is 3.47. The molecule has 0 spiro atoms. The number of aromatic nitrogens is 3. The van der Waals surface area contributed by atoms with Gasteiger partial charge in [0.2, 0.25) is 0 Å². The summed E-state index contributed by atoms with van der Waals surface area (Å²) in [7, 11) is 1.97. The highest BCUT2D eigenvalue weighted by atomic mass is 79.9. The highest BCUT2D eigenvalue weighted by molar-refractivity contribution is 9.10. The minimum atomic E-state index is 0.772. The molecule has 2 aromatic rings. The summed E-state index contributed by atoms with van der Waals surface area (Å²) in [6.45, 7) is 4.89. The Hall–Kier alpha value is -1.36. The summed E-state index contributed by atoms with van der Waals surface area (Å²) < 4.78 is 2.88. The lowest BCUT2D eigenvalue weighted by Gasteiger charge is -2.08. The van der Waals surface area contributed by atoms with Gasteiger partial charge in [0.25, 0.3) is 0 Å². The second-order valence-electron chi connectivity index (χ2n) is 3.98. The predicted octanol–water partition coefficient (Wildman–Crippen LogP) is 2.81. The Labute approximate surface area is 109 Å². The number of pyridine rings is 1. The van der Waals surface area contributed by atoms with Crippen LogP contribution in [0.2, 0.25) is 0 Å². The van der Waals surface area contributed by atoms with E-state index >= 15 is 0 Å². The second-order valence-corrected chi connectivity index (χ2v) is 4.84. The van der Waals surface area contributed by atoms with Crippen LogP contribution in [0.1, 0.15) is 17.0 Å². The van der Waals surface area contributed by atoms with Crippen LogP contribution >= 0.6 is 15.9 Å². The van der Waals surface area contributed by atoms with Crippen LogP contribution in [0.5, 0.6) is 0 Å². The first-order valence-electron chi connectivity index (χ1n) is 5.42. The number of nitrogens with one attached hydrogen (secondary N) is 1. The summed E-state index contributed by atoms with van der Waals surface area (Å²) in [4.78, 5) is 4.04. The van der Waals surface area contributed by atoms with Crippen LogP contribution in [-0.4, -0.2) is 14.8 Å². The fourth-order valence-electron chi connectivity index (χ4n) is 1.78. The summed E-state index contributed by atoms with van der Waals surface area (Å²) in [6.07, 6.45) is 3.56. The molecule has 0 fully saturated rings. The van der Waals surface area contributed by atoms with Crippen LogP contribution < -0.4 is 5.32 Å². The van der Waals surface area contributed by atoms with Gasteiger partial charge in [-0.3, -0.25) is 9.67 Å². The molecular weight excluding hydrogens is 280 g/mol. The summed E-state index contributed by atoms with van der Waals surface area (Å²) in [5.74, 6) is 0. The van der Waals surface area contributed by atoms with Gasteiger partial charge in [-0.05, 0) is 35.8 Å². The summed E-state index contributed by atoms with van der Waals surface area (Å²) in [5, 5.41) is 7.78. The van der Waals surface area contributed by atoms with Gasteiger partial charge in [-0.1, -0.05) is 0 Å². The molecule has 0 unspecified atom stereocenters. The fraction of sp³-hybridized carbons (Fsp3) is 0.333. The average Bonchev–Trinajstić information content (AvgIpc) is 2.53. The van der Waals surface area contributed by atoms with Crippen molar-refractivity contribution >= 4 is 21.6 Å². The number of anilines is 1. The first kappa shape index (κ1) is 12.1. The Morgan fingerprint density at radius 3 is 2.76 bits per heavy atom. The van der Waals surface area contributed by atoms with Crippen molar-refractivity contribution in [2.75, 3.05) is 5.32 Å². The van der Waals surface area contributed by atoms with Gasteiger partial charge in [0.1, 0.15) is 0 Å². The Kier molecular flexibility index (Phi) is 3.47. The topological polar surface area (TPSA) is 42.7 Å². The molecule has 90 valence electrons. The molecule has 0 aliphatic heterocycles. The minimum absolute atomic E-state index is 0.772. The van der Waals surface area contributed by atoms with Crippen molar-refractivity contribution < 1.29 is 0 Å². The van der Waals surface area contributed by atoms with Gasteiger partial charge in [-0.25, -0.2) is 0 Å². The zero-order valence-electron chi connectivity index (χ0n) is 10.2. The molecule has 0 bridgehead atoms. The molecule has 2 aromatic heterocycles. The van der Waals surface area contributed by atoms with E-state index in [1.807, 2.05) is 24.7 Å². The zero-order valence-corrected chi connectivity index (χ0v) is 11.7. The van der Waals surface area contributed by atoms with Crippen molar-refractivity contribution in [3.8, 4) is 0 Å². The van der Waals surface area contributed by atoms with E-state index in [0.717, 1.165) is 22.4 Å². The maximum atomic E-state index is 4.40. The molecule has 2 rings (SSSR count). The van der Waals surface area contributed by atoms with E-state index < -0.39 is 0 Å². The number of halogens is 1. The second kappa shape index (κ2) is 4.87. The van der Waals surface area contributed by atoms with Crippen LogP contribution in [0.3, 0.4) is 0 Å². The van der Waals surface area contributed by atoms with Crippen LogP contribution in [0.4, 0.5) is 5.69 Å². The number of rotatable bonds is 3. The van der Waals surface area contributed by atoms with E-state index in [0.29, 0.717) is 0 Å². The Morgan fingerprint density at radius 1 is 1.41 bits per heavy atom. The smallest absolute Gasteiger partial charge is 0.0646 e. The van der Waals surface area contributed by atoms with E-state index in [4.69, 9.17) is 0 Å². The third kappa shape index (κ3) is 2.49. The fourth-order valence-corrected chi connectivity index (χ4v) is 2.17. The van der Waals surface area contributed by atoms with Crippen molar-refractivity contribution in [3.05, 3.63) is 39.9 Å². The van der Waals surface area contributed by atoms with Crippen LogP contribution in [-0.2, 0) is 13.6 Å². The van der Waals surface area contributed by atoms with E-state index in [9.17, 15) is 0 Å². The Morgan fingerprint density at radius 2 is 2.18 bits per heavy atom. The average molecular weight is 295 g/mol. The molecule has 2 heterocycles. The molecule has 1 N–H and O–H groups in total. The largest absolute Gasteiger partial charge is 0.380 e. The molecule has 17 heavy (non-hydrogen) atoms. The lowest BCUT2D eigenvalue weighted by molar-refractivity contribution is 0.730. The van der Waals surface area contributed by atoms with E-state index in [1.54, 1.807) is 12.4 Å². The maximum absolute atomic E-state index is 4.40. The first-order chi connectivity index (χ1) is 8.09. The van der Waals surface area contributed by atoms with E-state index in [2.05, 4.69) is 38.3 Å². The highest BCUT2D eigenvalue weighted by Crippen LogP contribution is 2.21. The van der Waals surface area contributed by atoms with Gasteiger partial charge < -0.3 is 5.32 Å². The van der Waals surface area contributed by atoms with Crippen LogP contribution in [0.15, 0.2) is 22.9 Å². The van der Waals surface area contributed by atoms with Gasteiger partial charge in [-0.2, -0.15) is 5.10 Å². The highest BCUT2D eigenvalue weighted by Gasteiger charge is 2.09. The number of nitrogens with zero attached hydrogens (tertiary/aromatic N) is 3. The van der Waals surface area contributed by atoms with Crippen molar-refractivity contribution in [1.82, 2.24) is 14.8 Å².